The maximum absolute atomic E-state index is 12.8. The molecular formula is C18H10ClF3N2S2. The van der Waals surface area contributed by atoms with Crippen molar-refractivity contribution in [3.63, 3.8) is 0 Å². The molecule has 0 aliphatic carbocycles. The maximum Gasteiger partial charge on any atom is 0.417 e. The van der Waals surface area contributed by atoms with Crippen molar-refractivity contribution >= 4 is 44.4 Å². The fourth-order valence-electron chi connectivity index (χ4n) is 2.66. The lowest BCUT2D eigenvalue weighted by Crippen LogP contribution is -2.05. The second-order valence-electron chi connectivity index (χ2n) is 5.64. The van der Waals surface area contributed by atoms with Crippen LogP contribution in [-0.4, -0.2) is 9.97 Å². The molecule has 2 nitrogen and oxygen atoms in total. The van der Waals surface area contributed by atoms with Crippen LogP contribution in [-0.2, 0) is 6.18 Å². The fraction of sp³-hybridized carbons (Fsp3) is 0.111. The van der Waals surface area contributed by atoms with E-state index in [1.165, 1.54) is 21.4 Å². The van der Waals surface area contributed by atoms with E-state index in [2.05, 4.69) is 22.1 Å². The summed E-state index contributed by atoms with van der Waals surface area (Å²) in [7, 11) is 0. The summed E-state index contributed by atoms with van der Waals surface area (Å²) < 4.78 is 39.5. The monoisotopic (exact) mass is 410 g/mol. The van der Waals surface area contributed by atoms with Crippen LogP contribution in [0.15, 0.2) is 41.9 Å². The van der Waals surface area contributed by atoms with Crippen LogP contribution in [0.25, 0.3) is 31.4 Å². The highest BCUT2D eigenvalue weighted by Crippen LogP contribution is 2.40. The van der Waals surface area contributed by atoms with Gasteiger partial charge in [-0.05, 0) is 30.0 Å². The van der Waals surface area contributed by atoms with Gasteiger partial charge >= 0.3 is 6.18 Å². The Labute approximate surface area is 159 Å². The first kappa shape index (κ1) is 17.5. The summed E-state index contributed by atoms with van der Waals surface area (Å²) in [6.07, 6.45) is -3.69. The number of pyridine rings is 1. The van der Waals surface area contributed by atoms with Crippen LogP contribution in [0.5, 0.6) is 0 Å². The van der Waals surface area contributed by atoms with Crippen molar-refractivity contribution in [2.24, 2.45) is 0 Å². The molecule has 0 unspecified atom stereocenters. The number of fused-ring (bicyclic) bond motifs is 1. The summed E-state index contributed by atoms with van der Waals surface area (Å²) in [5.74, 6) is 0. The molecule has 0 atom stereocenters. The van der Waals surface area contributed by atoms with Gasteiger partial charge < -0.3 is 0 Å². The van der Waals surface area contributed by atoms with Crippen molar-refractivity contribution in [2.75, 3.05) is 0 Å². The molecule has 0 aliphatic heterocycles. The second kappa shape index (κ2) is 6.33. The molecule has 0 saturated heterocycles. The number of hydrogen-bond acceptors (Lipinski definition) is 4. The number of halogens is 4. The first-order valence-corrected chi connectivity index (χ1v) is 9.59. The van der Waals surface area contributed by atoms with E-state index in [0.29, 0.717) is 5.01 Å². The number of nitrogens with zero attached hydrogens (tertiary/aromatic N) is 2. The normalized spacial score (nSPS) is 12.0. The average Bonchev–Trinajstić information content (AvgIpc) is 3.19. The first-order valence-electron chi connectivity index (χ1n) is 7.52. The summed E-state index contributed by atoms with van der Waals surface area (Å²) in [6.45, 7) is 2.04. The number of thiazole rings is 1. The molecule has 0 aliphatic rings. The molecule has 0 saturated carbocycles. The smallest absolute Gasteiger partial charge is 0.252 e. The Hall–Kier alpha value is -1.96. The third-order valence-corrected chi connectivity index (χ3v) is 6.38. The highest BCUT2D eigenvalue weighted by atomic mass is 35.5. The minimum Gasteiger partial charge on any atom is -0.252 e. The first-order chi connectivity index (χ1) is 12.3. The molecule has 132 valence electrons. The van der Waals surface area contributed by atoms with Gasteiger partial charge in [-0.15, -0.1) is 22.7 Å². The van der Waals surface area contributed by atoms with Gasteiger partial charge in [-0.3, -0.25) is 4.98 Å². The lowest BCUT2D eigenvalue weighted by atomic mass is 10.1. The summed E-state index contributed by atoms with van der Waals surface area (Å²) in [4.78, 5) is 9.49. The van der Waals surface area contributed by atoms with E-state index in [1.54, 1.807) is 11.3 Å². The van der Waals surface area contributed by atoms with Crippen molar-refractivity contribution in [2.45, 2.75) is 13.1 Å². The molecule has 0 bridgehead atoms. The van der Waals surface area contributed by atoms with Gasteiger partial charge in [0.15, 0.2) is 0 Å². The molecule has 3 aromatic heterocycles. The largest absolute Gasteiger partial charge is 0.417 e. The van der Waals surface area contributed by atoms with Gasteiger partial charge in [-0.2, -0.15) is 13.2 Å². The lowest BCUT2D eigenvalue weighted by Gasteiger charge is -2.07. The van der Waals surface area contributed by atoms with Crippen molar-refractivity contribution < 1.29 is 13.2 Å². The van der Waals surface area contributed by atoms with E-state index in [4.69, 9.17) is 11.6 Å². The molecule has 26 heavy (non-hydrogen) atoms. The molecular weight excluding hydrogens is 401 g/mol. The van der Waals surface area contributed by atoms with Crippen molar-refractivity contribution in [1.82, 2.24) is 9.97 Å². The van der Waals surface area contributed by atoms with Crippen molar-refractivity contribution in [3.8, 4) is 21.3 Å². The average molecular weight is 411 g/mol. The molecule has 4 aromatic rings. The zero-order valence-corrected chi connectivity index (χ0v) is 15.7. The third kappa shape index (κ3) is 3.00. The standard InChI is InChI=1S/C18H10ClF3N2S2/c1-9-11-4-2-3-5-14(11)26-16(9)13-8-25-17(24-13)15-12(19)6-10(7-23-15)18(20,21)22/h2-8H,1H3. The number of benzene rings is 1. The predicted octanol–water partition coefficient (Wildman–Crippen LogP) is 7.07. The number of aryl methyl sites for hydroxylation is 1. The van der Waals surface area contributed by atoms with Gasteiger partial charge in [-0.1, -0.05) is 29.8 Å². The van der Waals surface area contributed by atoms with Gasteiger partial charge in [0.1, 0.15) is 10.7 Å². The number of aromatic nitrogens is 2. The van der Waals surface area contributed by atoms with Crippen LogP contribution in [0.2, 0.25) is 5.02 Å². The topological polar surface area (TPSA) is 25.8 Å². The molecule has 0 N–H and O–H groups in total. The summed E-state index contributed by atoms with van der Waals surface area (Å²) in [6, 6.07) is 8.98. The van der Waals surface area contributed by atoms with Gasteiger partial charge in [0.05, 0.1) is 21.2 Å². The Balaban J connectivity index is 1.75. The predicted molar refractivity (Wildman–Crippen MR) is 101 cm³/mol. The Morgan fingerprint density at radius 3 is 2.62 bits per heavy atom. The molecule has 4 rings (SSSR count). The third-order valence-electron chi connectivity index (χ3n) is 3.95. The van der Waals surface area contributed by atoms with Gasteiger partial charge in [0.25, 0.3) is 0 Å². The molecule has 0 spiro atoms. The van der Waals surface area contributed by atoms with Crippen molar-refractivity contribution in [3.05, 3.63) is 58.1 Å². The number of hydrogen-bond donors (Lipinski definition) is 0. The van der Waals surface area contributed by atoms with Crippen LogP contribution in [0.3, 0.4) is 0 Å². The Kier molecular flexibility index (Phi) is 4.25. The van der Waals surface area contributed by atoms with E-state index < -0.39 is 11.7 Å². The van der Waals surface area contributed by atoms with Gasteiger partial charge in [-0.25, -0.2) is 4.98 Å². The highest BCUT2D eigenvalue weighted by Gasteiger charge is 2.32. The van der Waals surface area contributed by atoms with E-state index in [0.717, 1.165) is 28.4 Å². The van der Waals surface area contributed by atoms with Gasteiger partial charge in [0, 0.05) is 16.3 Å². The number of thiophene rings is 1. The van der Waals surface area contributed by atoms with Crippen molar-refractivity contribution in [1.29, 1.82) is 0 Å². The second-order valence-corrected chi connectivity index (χ2v) is 7.96. The van der Waals surface area contributed by atoms with Crippen LogP contribution in [0, 0.1) is 6.92 Å². The fourth-order valence-corrected chi connectivity index (χ4v) is 5.03. The Bertz CT molecular complexity index is 1120. The minimum atomic E-state index is -4.47. The van der Waals surface area contributed by atoms with Gasteiger partial charge in [0.2, 0.25) is 0 Å². The summed E-state index contributed by atoms with van der Waals surface area (Å²) >= 11 is 8.98. The van der Waals surface area contributed by atoms with E-state index in [1.807, 2.05) is 24.4 Å². The molecule has 0 radical (unpaired) electrons. The molecule has 8 heteroatoms. The van der Waals surface area contributed by atoms with Crippen LogP contribution in [0.1, 0.15) is 11.1 Å². The highest BCUT2D eigenvalue weighted by molar-refractivity contribution is 7.22. The SMILES string of the molecule is Cc1c(-c2csc(-c3ncc(C(F)(F)F)cc3Cl)n2)sc2ccccc12. The Morgan fingerprint density at radius 2 is 1.92 bits per heavy atom. The number of alkyl halides is 3. The van der Waals surface area contributed by atoms with E-state index >= 15 is 0 Å². The number of rotatable bonds is 2. The molecule has 0 fully saturated rings. The zero-order chi connectivity index (χ0) is 18.5. The van der Waals surface area contributed by atoms with E-state index in [-0.39, 0.29) is 10.7 Å². The molecule has 3 heterocycles. The quantitative estimate of drug-likeness (QED) is 0.353. The van der Waals surface area contributed by atoms with Crippen LogP contribution >= 0.6 is 34.3 Å². The molecule has 1 aromatic carbocycles. The van der Waals surface area contributed by atoms with Crippen LogP contribution in [0.4, 0.5) is 13.2 Å². The summed E-state index contributed by atoms with van der Waals surface area (Å²) in [5, 5.41) is 3.49. The minimum absolute atomic E-state index is 0.0613. The Morgan fingerprint density at radius 1 is 1.15 bits per heavy atom. The maximum atomic E-state index is 12.8. The van der Waals surface area contributed by atoms with E-state index in [9.17, 15) is 13.2 Å². The zero-order valence-electron chi connectivity index (χ0n) is 13.3. The molecule has 0 amide bonds. The van der Waals surface area contributed by atoms with Crippen LogP contribution < -0.4 is 0 Å². The lowest BCUT2D eigenvalue weighted by molar-refractivity contribution is -0.137. The summed E-state index contributed by atoms with van der Waals surface area (Å²) in [5.41, 5.74) is 1.30.